The first-order valence-corrected chi connectivity index (χ1v) is 5.71. The summed E-state index contributed by atoms with van der Waals surface area (Å²) in [6.45, 7) is 1.81. The van der Waals surface area contributed by atoms with Crippen LogP contribution in [-0.2, 0) is 0 Å². The van der Waals surface area contributed by atoms with E-state index in [0.29, 0.717) is 5.69 Å². The molecule has 19 heavy (non-hydrogen) atoms. The second kappa shape index (κ2) is 5.39. The van der Waals surface area contributed by atoms with Gasteiger partial charge in [0.1, 0.15) is 11.3 Å². The highest BCUT2D eigenvalue weighted by atomic mass is 16.5. The van der Waals surface area contributed by atoms with E-state index in [1.807, 2.05) is 19.1 Å². The van der Waals surface area contributed by atoms with Gasteiger partial charge >= 0.3 is 5.97 Å². The molecule has 0 saturated heterocycles. The van der Waals surface area contributed by atoms with Crippen molar-refractivity contribution in [1.82, 2.24) is 4.98 Å². The molecule has 0 saturated carbocycles. The third-order valence-corrected chi connectivity index (χ3v) is 2.64. The number of ether oxygens (including phenoxy) is 1. The summed E-state index contributed by atoms with van der Waals surface area (Å²) < 4.78 is 5.07. The van der Waals surface area contributed by atoms with Gasteiger partial charge in [0.05, 0.1) is 12.8 Å². The molecule has 1 heterocycles. The molecule has 0 radical (unpaired) electrons. The molecular formula is C14H14N2O3. The topological polar surface area (TPSA) is 71.5 Å². The summed E-state index contributed by atoms with van der Waals surface area (Å²) in [5.74, 6) is -0.265. The monoisotopic (exact) mass is 258 g/mol. The van der Waals surface area contributed by atoms with Crippen molar-refractivity contribution >= 4 is 17.3 Å². The van der Waals surface area contributed by atoms with Crippen LogP contribution in [0.3, 0.4) is 0 Å². The largest absolute Gasteiger partial charge is 0.497 e. The number of carbonyl (C=O) groups is 1. The van der Waals surface area contributed by atoms with E-state index in [1.165, 1.54) is 6.20 Å². The number of methoxy groups -OCH3 is 1. The molecule has 98 valence electrons. The Hall–Kier alpha value is -2.56. The van der Waals surface area contributed by atoms with Crippen molar-refractivity contribution in [3.63, 3.8) is 0 Å². The quantitative estimate of drug-likeness (QED) is 0.882. The average molecular weight is 258 g/mol. The van der Waals surface area contributed by atoms with E-state index in [2.05, 4.69) is 10.3 Å². The number of pyridine rings is 1. The Bertz CT molecular complexity index is 594. The summed E-state index contributed by atoms with van der Waals surface area (Å²) >= 11 is 0. The van der Waals surface area contributed by atoms with Crippen LogP contribution in [0.25, 0.3) is 0 Å². The van der Waals surface area contributed by atoms with Crippen molar-refractivity contribution in [3.8, 4) is 5.75 Å². The number of rotatable bonds is 4. The fraction of sp³-hybridized carbons (Fsp3) is 0.143. The Morgan fingerprint density at radius 3 is 2.58 bits per heavy atom. The van der Waals surface area contributed by atoms with Crippen LogP contribution in [-0.4, -0.2) is 23.2 Å². The van der Waals surface area contributed by atoms with Crippen molar-refractivity contribution < 1.29 is 14.6 Å². The number of hydrogen-bond acceptors (Lipinski definition) is 4. The highest BCUT2D eigenvalue weighted by molar-refractivity contribution is 5.94. The number of aromatic nitrogens is 1. The van der Waals surface area contributed by atoms with Gasteiger partial charge in [-0.25, -0.2) is 4.79 Å². The van der Waals surface area contributed by atoms with Crippen molar-refractivity contribution in [3.05, 3.63) is 47.8 Å². The standard InChI is InChI=1S/C14H14N2O3/c1-9-7-13(12(8-15-9)14(17)18)16-10-3-5-11(19-2)6-4-10/h3-8H,1-2H3,(H,15,16)(H,17,18). The molecule has 2 rings (SSSR count). The van der Waals surface area contributed by atoms with Gasteiger partial charge in [-0.3, -0.25) is 4.98 Å². The van der Waals surface area contributed by atoms with Crippen LogP contribution in [0.5, 0.6) is 5.75 Å². The molecule has 0 aliphatic carbocycles. The minimum Gasteiger partial charge on any atom is -0.497 e. The lowest BCUT2D eigenvalue weighted by Gasteiger charge is -2.10. The Labute approximate surface area is 110 Å². The van der Waals surface area contributed by atoms with E-state index < -0.39 is 5.97 Å². The maximum Gasteiger partial charge on any atom is 0.339 e. The van der Waals surface area contributed by atoms with Crippen molar-refractivity contribution in [2.45, 2.75) is 6.92 Å². The van der Waals surface area contributed by atoms with Crippen molar-refractivity contribution in [1.29, 1.82) is 0 Å². The third-order valence-electron chi connectivity index (χ3n) is 2.64. The Balaban J connectivity index is 2.31. The molecule has 0 fully saturated rings. The maximum atomic E-state index is 11.1. The number of aryl methyl sites for hydroxylation is 1. The zero-order chi connectivity index (χ0) is 13.8. The first kappa shape index (κ1) is 12.9. The van der Waals surface area contributed by atoms with Gasteiger partial charge in [-0.1, -0.05) is 0 Å². The van der Waals surface area contributed by atoms with Gasteiger partial charge in [0, 0.05) is 17.6 Å². The highest BCUT2D eigenvalue weighted by Crippen LogP contribution is 2.23. The Morgan fingerprint density at radius 2 is 2.00 bits per heavy atom. The molecule has 0 spiro atoms. The molecule has 0 aliphatic heterocycles. The van der Waals surface area contributed by atoms with Crippen LogP contribution >= 0.6 is 0 Å². The van der Waals surface area contributed by atoms with Gasteiger partial charge in [0.2, 0.25) is 0 Å². The van der Waals surface area contributed by atoms with Gasteiger partial charge in [0.15, 0.2) is 0 Å². The van der Waals surface area contributed by atoms with Crippen LogP contribution in [0.4, 0.5) is 11.4 Å². The number of carboxylic acids is 1. The average Bonchev–Trinajstić information content (AvgIpc) is 2.39. The van der Waals surface area contributed by atoms with E-state index >= 15 is 0 Å². The van der Waals surface area contributed by atoms with E-state index in [-0.39, 0.29) is 5.56 Å². The second-order valence-electron chi connectivity index (χ2n) is 4.03. The molecule has 0 atom stereocenters. The first-order valence-electron chi connectivity index (χ1n) is 5.71. The molecule has 5 heteroatoms. The summed E-state index contributed by atoms with van der Waals surface area (Å²) in [6, 6.07) is 8.95. The molecule has 0 unspecified atom stereocenters. The predicted octanol–water partition coefficient (Wildman–Crippen LogP) is 2.84. The van der Waals surface area contributed by atoms with Crippen LogP contribution in [0.2, 0.25) is 0 Å². The van der Waals surface area contributed by atoms with Gasteiger partial charge in [-0.15, -0.1) is 0 Å². The third kappa shape index (κ3) is 3.01. The van der Waals surface area contributed by atoms with Crippen LogP contribution < -0.4 is 10.1 Å². The summed E-state index contributed by atoms with van der Waals surface area (Å²) in [5, 5.41) is 12.2. The maximum absolute atomic E-state index is 11.1. The Morgan fingerprint density at radius 1 is 1.32 bits per heavy atom. The molecular weight excluding hydrogens is 244 g/mol. The lowest BCUT2D eigenvalue weighted by Crippen LogP contribution is -2.04. The molecule has 0 bridgehead atoms. The number of hydrogen-bond donors (Lipinski definition) is 2. The second-order valence-corrected chi connectivity index (χ2v) is 4.03. The van der Waals surface area contributed by atoms with E-state index in [0.717, 1.165) is 17.1 Å². The zero-order valence-electron chi connectivity index (χ0n) is 10.7. The minimum atomic E-state index is -1.01. The SMILES string of the molecule is COc1ccc(Nc2cc(C)ncc2C(=O)O)cc1. The number of anilines is 2. The Kier molecular flexibility index (Phi) is 3.66. The fourth-order valence-electron chi connectivity index (χ4n) is 1.66. The fourth-order valence-corrected chi connectivity index (χ4v) is 1.66. The molecule has 2 aromatic rings. The molecule has 1 aromatic carbocycles. The predicted molar refractivity (Wildman–Crippen MR) is 72.2 cm³/mol. The normalized spacial score (nSPS) is 10.0. The smallest absolute Gasteiger partial charge is 0.339 e. The summed E-state index contributed by atoms with van der Waals surface area (Å²) in [4.78, 5) is 15.1. The van der Waals surface area contributed by atoms with Crippen molar-refractivity contribution in [2.24, 2.45) is 0 Å². The van der Waals surface area contributed by atoms with E-state index in [4.69, 9.17) is 9.84 Å². The zero-order valence-corrected chi connectivity index (χ0v) is 10.7. The molecule has 2 N–H and O–H groups in total. The van der Waals surface area contributed by atoms with Crippen LogP contribution in [0, 0.1) is 6.92 Å². The summed E-state index contributed by atoms with van der Waals surface area (Å²) in [7, 11) is 1.59. The van der Waals surface area contributed by atoms with Gasteiger partial charge in [-0.2, -0.15) is 0 Å². The minimum absolute atomic E-state index is 0.140. The number of benzene rings is 1. The molecule has 1 aromatic heterocycles. The molecule has 5 nitrogen and oxygen atoms in total. The van der Waals surface area contributed by atoms with Gasteiger partial charge < -0.3 is 15.2 Å². The van der Waals surface area contributed by atoms with Crippen LogP contribution in [0.1, 0.15) is 16.1 Å². The molecule has 0 amide bonds. The van der Waals surface area contributed by atoms with E-state index in [1.54, 1.807) is 25.3 Å². The summed E-state index contributed by atoms with van der Waals surface area (Å²) in [5.41, 5.74) is 2.20. The van der Waals surface area contributed by atoms with Gasteiger partial charge in [-0.05, 0) is 37.3 Å². The van der Waals surface area contributed by atoms with E-state index in [9.17, 15) is 4.79 Å². The summed E-state index contributed by atoms with van der Waals surface area (Å²) in [6.07, 6.45) is 1.35. The van der Waals surface area contributed by atoms with Crippen molar-refractivity contribution in [2.75, 3.05) is 12.4 Å². The number of nitrogens with zero attached hydrogens (tertiary/aromatic N) is 1. The van der Waals surface area contributed by atoms with Crippen LogP contribution in [0.15, 0.2) is 36.5 Å². The lowest BCUT2D eigenvalue weighted by atomic mass is 10.2. The van der Waals surface area contributed by atoms with Gasteiger partial charge in [0.25, 0.3) is 0 Å². The number of aromatic carboxylic acids is 1. The molecule has 0 aliphatic rings. The first-order chi connectivity index (χ1) is 9.10. The number of nitrogens with one attached hydrogen (secondary N) is 1. The number of carboxylic acid groups (broad SMARTS) is 1. The lowest BCUT2D eigenvalue weighted by molar-refractivity contribution is 0.0697. The highest BCUT2D eigenvalue weighted by Gasteiger charge is 2.11.